The molecule has 1 aliphatic carbocycles. The summed E-state index contributed by atoms with van der Waals surface area (Å²) in [4.78, 5) is 13.8. The maximum atomic E-state index is 11.7. The fourth-order valence-electron chi connectivity index (χ4n) is 2.15. The van der Waals surface area contributed by atoms with Gasteiger partial charge in [-0.15, -0.1) is 0 Å². The Kier molecular flexibility index (Phi) is 5.13. The van der Waals surface area contributed by atoms with Crippen molar-refractivity contribution < 1.29 is 4.79 Å². The van der Waals surface area contributed by atoms with E-state index in [1.807, 2.05) is 13.8 Å². The molecule has 0 bridgehead atoms. The van der Waals surface area contributed by atoms with Crippen molar-refractivity contribution in [3.63, 3.8) is 0 Å². The molecule has 0 aromatic heterocycles. The van der Waals surface area contributed by atoms with E-state index in [1.165, 1.54) is 19.3 Å². The third-order valence-electron chi connectivity index (χ3n) is 3.43. The van der Waals surface area contributed by atoms with Crippen molar-refractivity contribution in [2.45, 2.75) is 52.9 Å². The fourth-order valence-corrected chi connectivity index (χ4v) is 2.15. The Morgan fingerprint density at radius 3 is 2.07 bits per heavy atom. The molecule has 0 N–H and O–H groups in total. The van der Waals surface area contributed by atoms with Gasteiger partial charge in [-0.2, -0.15) is 0 Å². The summed E-state index contributed by atoms with van der Waals surface area (Å²) in [5, 5.41) is 0. The van der Waals surface area contributed by atoms with Gasteiger partial charge in [-0.1, -0.05) is 27.2 Å². The maximum absolute atomic E-state index is 11.7. The fraction of sp³-hybridized carbons (Fsp3) is 0.923. The van der Waals surface area contributed by atoms with E-state index in [1.54, 1.807) is 0 Å². The van der Waals surface area contributed by atoms with Crippen LogP contribution in [0.25, 0.3) is 0 Å². The Morgan fingerprint density at radius 1 is 1.13 bits per heavy atom. The van der Waals surface area contributed by atoms with Crippen LogP contribution in [-0.2, 0) is 4.79 Å². The first-order chi connectivity index (χ1) is 7.31. The van der Waals surface area contributed by atoms with Crippen LogP contribution in [0.1, 0.15) is 52.9 Å². The van der Waals surface area contributed by atoms with Gasteiger partial charge < -0.3 is 4.90 Å². The Labute approximate surface area is 94.0 Å². The van der Waals surface area contributed by atoms with Crippen molar-refractivity contribution in [2.75, 3.05) is 13.1 Å². The van der Waals surface area contributed by atoms with Gasteiger partial charge in [0.2, 0.25) is 5.91 Å². The Balaban J connectivity index is 0.000000531. The molecule has 2 rings (SSSR count). The van der Waals surface area contributed by atoms with E-state index in [9.17, 15) is 4.79 Å². The van der Waals surface area contributed by atoms with E-state index < -0.39 is 0 Å². The summed E-state index contributed by atoms with van der Waals surface area (Å²) in [5.41, 5.74) is 0. The second-order valence-electron chi connectivity index (χ2n) is 4.45. The van der Waals surface area contributed by atoms with Crippen molar-refractivity contribution in [2.24, 2.45) is 11.8 Å². The molecule has 15 heavy (non-hydrogen) atoms. The largest absolute Gasteiger partial charge is 0.342 e. The first-order valence-electron chi connectivity index (χ1n) is 6.60. The first-order valence-corrected chi connectivity index (χ1v) is 6.60. The highest BCUT2D eigenvalue weighted by molar-refractivity contribution is 5.81. The molecule has 2 fully saturated rings. The molecule has 1 amide bonds. The number of hydrogen-bond donors (Lipinski definition) is 0. The molecule has 0 aromatic rings. The van der Waals surface area contributed by atoms with Crippen LogP contribution in [0.4, 0.5) is 0 Å². The van der Waals surface area contributed by atoms with Crippen LogP contribution in [0, 0.1) is 11.8 Å². The van der Waals surface area contributed by atoms with Crippen LogP contribution in [0.3, 0.4) is 0 Å². The lowest BCUT2D eigenvalue weighted by Crippen LogP contribution is -2.39. The summed E-state index contributed by atoms with van der Waals surface area (Å²) in [7, 11) is 0. The van der Waals surface area contributed by atoms with Gasteiger partial charge in [0.15, 0.2) is 0 Å². The monoisotopic (exact) mass is 211 g/mol. The quantitative estimate of drug-likeness (QED) is 0.687. The summed E-state index contributed by atoms with van der Waals surface area (Å²) >= 11 is 0. The molecule has 0 radical (unpaired) electrons. The van der Waals surface area contributed by atoms with Crippen molar-refractivity contribution >= 4 is 5.91 Å². The van der Waals surface area contributed by atoms with E-state index in [0.29, 0.717) is 11.8 Å². The molecule has 0 atom stereocenters. The minimum absolute atomic E-state index is 0.415. The molecule has 1 heterocycles. The van der Waals surface area contributed by atoms with Crippen LogP contribution in [0.5, 0.6) is 0 Å². The van der Waals surface area contributed by atoms with Gasteiger partial charge in [-0.05, 0) is 31.6 Å². The van der Waals surface area contributed by atoms with Gasteiger partial charge in [0.1, 0.15) is 0 Å². The summed E-state index contributed by atoms with van der Waals surface area (Å²) in [6.45, 7) is 8.30. The number of carbonyl (C=O) groups excluding carboxylic acids is 1. The van der Waals surface area contributed by atoms with E-state index in [-0.39, 0.29) is 0 Å². The summed E-state index contributed by atoms with van der Waals surface area (Å²) in [6, 6.07) is 0. The molecule has 0 aromatic carbocycles. The normalized spacial score (nSPS) is 21.9. The SMILES string of the molecule is CC.CCC1CCN(C(=O)C2CC2)CC1. The van der Waals surface area contributed by atoms with Gasteiger partial charge in [-0.25, -0.2) is 0 Å². The van der Waals surface area contributed by atoms with Crippen molar-refractivity contribution in [1.82, 2.24) is 4.90 Å². The molecule has 1 saturated heterocycles. The van der Waals surface area contributed by atoms with Crippen molar-refractivity contribution in [3.8, 4) is 0 Å². The predicted molar refractivity (Wildman–Crippen MR) is 63.7 cm³/mol. The predicted octanol–water partition coefficient (Wildman–Crippen LogP) is 3.07. The average molecular weight is 211 g/mol. The van der Waals surface area contributed by atoms with Gasteiger partial charge in [-0.3, -0.25) is 4.79 Å². The van der Waals surface area contributed by atoms with E-state index in [4.69, 9.17) is 0 Å². The number of carbonyl (C=O) groups is 1. The number of hydrogen-bond acceptors (Lipinski definition) is 1. The van der Waals surface area contributed by atoms with Crippen LogP contribution < -0.4 is 0 Å². The van der Waals surface area contributed by atoms with Crippen LogP contribution in [-0.4, -0.2) is 23.9 Å². The van der Waals surface area contributed by atoms with Gasteiger partial charge in [0.05, 0.1) is 0 Å². The first kappa shape index (κ1) is 12.5. The second-order valence-corrected chi connectivity index (χ2v) is 4.45. The number of rotatable bonds is 2. The highest BCUT2D eigenvalue weighted by Gasteiger charge is 2.34. The minimum Gasteiger partial charge on any atom is -0.342 e. The smallest absolute Gasteiger partial charge is 0.225 e. The lowest BCUT2D eigenvalue weighted by molar-refractivity contribution is -0.133. The summed E-state index contributed by atoms with van der Waals surface area (Å²) in [6.07, 6.45) is 6.04. The molecule has 0 spiro atoms. The van der Waals surface area contributed by atoms with Gasteiger partial charge >= 0.3 is 0 Å². The lowest BCUT2D eigenvalue weighted by atomic mass is 9.94. The number of likely N-dealkylation sites (tertiary alicyclic amines) is 1. The molecule has 0 unspecified atom stereocenters. The molecular weight excluding hydrogens is 186 g/mol. The zero-order chi connectivity index (χ0) is 11.3. The lowest BCUT2D eigenvalue weighted by Gasteiger charge is -2.31. The number of nitrogens with zero attached hydrogens (tertiary/aromatic N) is 1. The van der Waals surface area contributed by atoms with Crippen LogP contribution >= 0.6 is 0 Å². The van der Waals surface area contributed by atoms with E-state index in [2.05, 4.69) is 11.8 Å². The van der Waals surface area contributed by atoms with Crippen LogP contribution in [0.15, 0.2) is 0 Å². The molecular formula is C13H25NO. The van der Waals surface area contributed by atoms with Gasteiger partial charge in [0, 0.05) is 19.0 Å². The number of piperidine rings is 1. The van der Waals surface area contributed by atoms with E-state index >= 15 is 0 Å². The maximum Gasteiger partial charge on any atom is 0.225 e. The topological polar surface area (TPSA) is 20.3 Å². The molecule has 2 heteroatoms. The minimum atomic E-state index is 0.415. The van der Waals surface area contributed by atoms with Crippen molar-refractivity contribution in [1.29, 1.82) is 0 Å². The highest BCUT2D eigenvalue weighted by Crippen LogP contribution is 2.32. The Hall–Kier alpha value is -0.530. The zero-order valence-corrected chi connectivity index (χ0v) is 10.5. The standard InChI is InChI=1S/C11H19NO.C2H6/c1-2-9-5-7-12(8-6-9)11(13)10-3-4-10;1-2/h9-10H,2-8H2,1H3;1-2H3. The number of amides is 1. The second kappa shape index (κ2) is 6.14. The third kappa shape index (κ3) is 3.51. The zero-order valence-electron chi connectivity index (χ0n) is 10.5. The Bertz CT molecular complexity index is 191. The molecule has 1 saturated carbocycles. The Morgan fingerprint density at radius 2 is 1.67 bits per heavy atom. The molecule has 2 nitrogen and oxygen atoms in total. The molecule has 88 valence electrons. The van der Waals surface area contributed by atoms with E-state index in [0.717, 1.165) is 31.8 Å². The van der Waals surface area contributed by atoms with Gasteiger partial charge in [0.25, 0.3) is 0 Å². The summed E-state index contributed by atoms with van der Waals surface area (Å²) < 4.78 is 0. The highest BCUT2D eigenvalue weighted by atomic mass is 16.2. The molecule has 1 aliphatic heterocycles. The average Bonchev–Trinajstić information content (AvgIpc) is 3.15. The summed E-state index contributed by atoms with van der Waals surface area (Å²) in [5.74, 6) is 1.73. The molecule has 2 aliphatic rings. The van der Waals surface area contributed by atoms with Crippen LogP contribution in [0.2, 0.25) is 0 Å². The third-order valence-corrected chi connectivity index (χ3v) is 3.43. The van der Waals surface area contributed by atoms with Crippen molar-refractivity contribution in [3.05, 3.63) is 0 Å².